The van der Waals surface area contributed by atoms with Gasteiger partial charge in [-0.2, -0.15) is 0 Å². The van der Waals surface area contributed by atoms with Crippen LogP contribution in [0.1, 0.15) is 32.3 Å². The van der Waals surface area contributed by atoms with Gasteiger partial charge < -0.3 is 10.2 Å². The maximum Gasteiger partial charge on any atom is 0.0471 e. The number of nitrogens with zero attached hydrogens (tertiary/aromatic N) is 1. The Balaban J connectivity index is 2.05. The number of hydrogen-bond donors (Lipinski definition) is 1. The molecule has 0 bridgehead atoms. The van der Waals surface area contributed by atoms with Crippen molar-refractivity contribution in [3.63, 3.8) is 0 Å². The lowest BCUT2D eigenvalue weighted by atomic mass is 10.2. The van der Waals surface area contributed by atoms with E-state index in [2.05, 4.69) is 42.3 Å². The van der Waals surface area contributed by atoms with E-state index in [4.69, 9.17) is 11.6 Å². The summed E-state index contributed by atoms with van der Waals surface area (Å²) in [4.78, 5) is 2.41. The lowest BCUT2D eigenvalue weighted by Gasteiger charge is -2.19. The molecule has 1 aromatic rings. The van der Waals surface area contributed by atoms with E-state index >= 15 is 0 Å². The van der Waals surface area contributed by atoms with E-state index in [1.54, 1.807) is 0 Å². The van der Waals surface area contributed by atoms with Crippen LogP contribution in [0.5, 0.6) is 0 Å². The van der Waals surface area contributed by atoms with Crippen LogP contribution >= 0.6 is 11.6 Å². The van der Waals surface area contributed by atoms with Gasteiger partial charge in [-0.15, -0.1) is 0 Å². The van der Waals surface area contributed by atoms with Crippen molar-refractivity contribution in [3.05, 3.63) is 28.8 Å². The number of hydrogen-bond acceptors (Lipinski definition) is 2. The summed E-state index contributed by atoms with van der Waals surface area (Å²) < 4.78 is 0. The lowest BCUT2D eigenvalue weighted by molar-refractivity contribution is 0.589. The van der Waals surface area contributed by atoms with Crippen molar-refractivity contribution >= 4 is 17.3 Å². The molecule has 1 aromatic carbocycles. The van der Waals surface area contributed by atoms with Crippen LogP contribution in [0.3, 0.4) is 0 Å². The number of anilines is 1. The molecule has 2 rings (SSSR count). The molecule has 3 heteroatoms. The minimum atomic E-state index is 0.490. The van der Waals surface area contributed by atoms with Crippen molar-refractivity contribution in [1.82, 2.24) is 5.32 Å². The van der Waals surface area contributed by atoms with Crippen LogP contribution in [0, 0.1) is 0 Å². The first-order valence-corrected chi connectivity index (χ1v) is 6.81. The molecule has 1 aliphatic heterocycles. The standard InChI is InChI=1S/C14H21ClN2/c1-11(2)16-10-12-5-6-13(9-14(12)15)17-7-3-4-8-17/h5-6,9,11,16H,3-4,7-8,10H2,1-2H3. The number of benzene rings is 1. The van der Waals surface area contributed by atoms with Crippen LogP contribution in [0.4, 0.5) is 5.69 Å². The van der Waals surface area contributed by atoms with Gasteiger partial charge >= 0.3 is 0 Å². The molecule has 0 atom stereocenters. The molecule has 0 spiro atoms. The molecule has 0 radical (unpaired) electrons. The Bertz CT molecular complexity index is 370. The van der Waals surface area contributed by atoms with Crippen LogP contribution in [0.15, 0.2) is 18.2 Å². The van der Waals surface area contributed by atoms with E-state index in [-0.39, 0.29) is 0 Å². The number of nitrogens with one attached hydrogen (secondary N) is 1. The molecule has 1 heterocycles. The summed E-state index contributed by atoms with van der Waals surface area (Å²) in [6, 6.07) is 6.92. The fourth-order valence-electron chi connectivity index (χ4n) is 2.17. The molecule has 17 heavy (non-hydrogen) atoms. The zero-order valence-corrected chi connectivity index (χ0v) is 11.4. The second-order valence-corrected chi connectivity index (χ2v) is 5.41. The monoisotopic (exact) mass is 252 g/mol. The first kappa shape index (κ1) is 12.7. The molecular weight excluding hydrogens is 232 g/mol. The molecule has 1 N–H and O–H groups in total. The van der Waals surface area contributed by atoms with Crippen LogP contribution in [0.25, 0.3) is 0 Å². The summed E-state index contributed by atoms with van der Waals surface area (Å²) in [7, 11) is 0. The average Bonchev–Trinajstić information content (AvgIpc) is 2.80. The van der Waals surface area contributed by atoms with Crippen molar-refractivity contribution in [2.45, 2.75) is 39.3 Å². The molecule has 0 saturated carbocycles. The highest BCUT2D eigenvalue weighted by Gasteiger charge is 2.13. The molecule has 94 valence electrons. The van der Waals surface area contributed by atoms with Crippen LogP contribution in [-0.4, -0.2) is 19.1 Å². The first-order valence-electron chi connectivity index (χ1n) is 6.43. The van der Waals surface area contributed by atoms with Crippen LogP contribution < -0.4 is 10.2 Å². The van der Waals surface area contributed by atoms with Crippen LogP contribution in [-0.2, 0) is 6.54 Å². The molecule has 1 saturated heterocycles. The Hall–Kier alpha value is -0.730. The van der Waals surface area contributed by atoms with Gasteiger partial charge in [-0.1, -0.05) is 31.5 Å². The van der Waals surface area contributed by atoms with Gasteiger partial charge in [-0.05, 0) is 30.5 Å². The van der Waals surface area contributed by atoms with E-state index < -0.39 is 0 Å². The Morgan fingerprint density at radius 1 is 1.29 bits per heavy atom. The van der Waals surface area contributed by atoms with Gasteiger partial charge in [0.15, 0.2) is 0 Å². The summed E-state index contributed by atoms with van der Waals surface area (Å²) in [6.07, 6.45) is 2.60. The highest BCUT2D eigenvalue weighted by atomic mass is 35.5. The minimum absolute atomic E-state index is 0.490. The van der Waals surface area contributed by atoms with Crippen molar-refractivity contribution in [2.24, 2.45) is 0 Å². The fraction of sp³-hybridized carbons (Fsp3) is 0.571. The molecule has 0 aliphatic carbocycles. The Morgan fingerprint density at radius 2 is 2.00 bits per heavy atom. The predicted octanol–water partition coefficient (Wildman–Crippen LogP) is 3.44. The minimum Gasteiger partial charge on any atom is -0.371 e. The van der Waals surface area contributed by atoms with Gasteiger partial charge in [-0.3, -0.25) is 0 Å². The predicted molar refractivity (Wildman–Crippen MR) is 74.9 cm³/mol. The molecule has 1 fully saturated rings. The third-order valence-corrected chi connectivity index (χ3v) is 3.56. The van der Waals surface area contributed by atoms with Gasteiger partial charge in [-0.25, -0.2) is 0 Å². The molecule has 2 nitrogen and oxygen atoms in total. The van der Waals surface area contributed by atoms with Crippen molar-refractivity contribution in [3.8, 4) is 0 Å². The van der Waals surface area contributed by atoms with E-state index in [0.717, 1.165) is 11.6 Å². The molecule has 0 unspecified atom stereocenters. The maximum atomic E-state index is 6.32. The van der Waals surface area contributed by atoms with Gasteiger partial charge in [0.1, 0.15) is 0 Å². The first-order chi connectivity index (χ1) is 8.16. The summed E-state index contributed by atoms with van der Waals surface area (Å²) >= 11 is 6.32. The Morgan fingerprint density at radius 3 is 2.59 bits per heavy atom. The average molecular weight is 253 g/mol. The Labute approximate surface area is 109 Å². The van der Waals surface area contributed by atoms with E-state index in [1.807, 2.05) is 0 Å². The number of halogens is 1. The zero-order valence-electron chi connectivity index (χ0n) is 10.7. The summed E-state index contributed by atoms with van der Waals surface area (Å²) in [5, 5.41) is 4.27. The summed E-state index contributed by atoms with van der Waals surface area (Å²) in [5.41, 5.74) is 2.45. The second-order valence-electron chi connectivity index (χ2n) is 5.01. The van der Waals surface area contributed by atoms with Crippen molar-refractivity contribution < 1.29 is 0 Å². The van der Waals surface area contributed by atoms with Gasteiger partial charge in [0, 0.05) is 36.4 Å². The number of rotatable bonds is 4. The SMILES string of the molecule is CC(C)NCc1ccc(N2CCCC2)cc1Cl. The van der Waals surface area contributed by atoms with Crippen molar-refractivity contribution in [2.75, 3.05) is 18.0 Å². The normalized spacial score (nSPS) is 15.9. The highest BCUT2D eigenvalue weighted by Crippen LogP contribution is 2.26. The maximum absolute atomic E-state index is 6.32. The Kier molecular flexibility index (Phi) is 4.30. The summed E-state index contributed by atoms with van der Waals surface area (Å²) in [5.74, 6) is 0. The van der Waals surface area contributed by atoms with Gasteiger partial charge in [0.05, 0.1) is 0 Å². The van der Waals surface area contributed by atoms with Crippen LogP contribution in [0.2, 0.25) is 5.02 Å². The lowest BCUT2D eigenvalue weighted by Crippen LogP contribution is -2.22. The summed E-state index contributed by atoms with van der Waals surface area (Å²) in [6.45, 7) is 7.47. The third-order valence-electron chi connectivity index (χ3n) is 3.21. The van der Waals surface area contributed by atoms with E-state index in [1.165, 1.54) is 37.2 Å². The fourth-order valence-corrected chi connectivity index (χ4v) is 2.41. The second kappa shape index (κ2) is 5.74. The van der Waals surface area contributed by atoms with E-state index in [0.29, 0.717) is 6.04 Å². The van der Waals surface area contributed by atoms with Gasteiger partial charge in [0.25, 0.3) is 0 Å². The molecule has 0 aromatic heterocycles. The smallest absolute Gasteiger partial charge is 0.0471 e. The topological polar surface area (TPSA) is 15.3 Å². The van der Waals surface area contributed by atoms with Gasteiger partial charge in [0.2, 0.25) is 0 Å². The highest BCUT2D eigenvalue weighted by molar-refractivity contribution is 6.31. The van der Waals surface area contributed by atoms with Crippen molar-refractivity contribution in [1.29, 1.82) is 0 Å². The third kappa shape index (κ3) is 3.36. The molecule has 0 amide bonds. The zero-order chi connectivity index (χ0) is 12.3. The largest absolute Gasteiger partial charge is 0.371 e. The molecule has 1 aliphatic rings. The quantitative estimate of drug-likeness (QED) is 0.883. The van der Waals surface area contributed by atoms with E-state index in [9.17, 15) is 0 Å². The molecular formula is C14H21ClN2.